The van der Waals surface area contributed by atoms with Crippen LogP contribution in [-0.4, -0.2) is 30.5 Å². The van der Waals surface area contributed by atoms with E-state index in [-0.39, 0.29) is 5.91 Å². The summed E-state index contributed by atoms with van der Waals surface area (Å²) in [6, 6.07) is 6.21. The van der Waals surface area contributed by atoms with Gasteiger partial charge in [0, 0.05) is 24.0 Å². The molecule has 0 aromatic heterocycles. The van der Waals surface area contributed by atoms with E-state index in [1.165, 1.54) is 12.8 Å². The quantitative estimate of drug-likeness (QED) is 0.889. The van der Waals surface area contributed by atoms with Crippen molar-refractivity contribution in [1.29, 1.82) is 0 Å². The van der Waals surface area contributed by atoms with Crippen LogP contribution < -0.4 is 10.6 Å². The Morgan fingerprint density at radius 1 is 1.37 bits per heavy atom. The first kappa shape index (κ1) is 14.3. The number of anilines is 1. The lowest BCUT2D eigenvalue weighted by Gasteiger charge is -2.20. The molecule has 2 unspecified atom stereocenters. The molecule has 1 aliphatic rings. The number of thioether (sulfide) groups is 1. The topological polar surface area (TPSA) is 41.1 Å². The summed E-state index contributed by atoms with van der Waals surface area (Å²) in [5, 5.41) is 6.85. The van der Waals surface area contributed by atoms with E-state index in [9.17, 15) is 4.79 Å². The zero-order chi connectivity index (χ0) is 13.8. The monoisotopic (exact) mass is 278 g/mol. The van der Waals surface area contributed by atoms with Gasteiger partial charge in [-0.25, -0.2) is 0 Å². The maximum absolute atomic E-state index is 12.4. The van der Waals surface area contributed by atoms with Gasteiger partial charge >= 0.3 is 0 Å². The Bertz CT molecular complexity index is 461. The molecule has 104 valence electrons. The molecule has 1 aromatic rings. The molecule has 4 heteroatoms. The summed E-state index contributed by atoms with van der Waals surface area (Å²) in [5.74, 6) is 0.0373. The van der Waals surface area contributed by atoms with E-state index in [1.54, 1.807) is 0 Å². The molecular formula is C15H22N2OS. The molecule has 2 atom stereocenters. The van der Waals surface area contributed by atoms with Crippen LogP contribution in [0.15, 0.2) is 18.2 Å². The Morgan fingerprint density at radius 3 is 2.84 bits per heavy atom. The number of nitrogens with one attached hydrogen (secondary N) is 2. The van der Waals surface area contributed by atoms with Gasteiger partial charge in [0.2, 0.25) is 0 Å². The number of hydrogen-bond acceptors (Lipinski definition) is 3. The predicted octanol–water partition coefficient (Wildman–Crippen LogP) is 3.05. The van der Waals surface area contributed by atoms with Crippen LogP contribution in [0.3, 0.4) is 0 Å². The molecule has 2 N–H and O–H groups in total. The van der Waals surface area contributed by atoms with Crippen molar-refractivity contribution in [3.8, 4) is 0 Å². The number of aryl methyl sites for hydroxylation is 1. The van der Waals surface area contributed by atoms with Crippen LogP contribution in [0.5, 0.6) is 0 Å². The van der Waals surface area contributed by atoms with Gasteiger partial charge in [-0.2, -0.15) is 11.8 Å². The fourth-order valence-electron chi connectivity index (χ4n) is 2.68. The van der Waals surface area contributed by atoms with Crippen LogP contribution in [0.25, 0.3) is 0 Å². The highest BCUT2D eigenvalue weighted by Gasteiger charge is 2.28. The summed E-state index contributed by atoms with van der Waals surface area (Å²) in [5.41, 5.74) is 2.79. The molecule has 1 saturated carbocycles. The number of rotatable bonds is 4. The summed E-state index contributed by atoms with van der Waals surface area (Å²) in [7, 11) is 1.85. The maximum atomic E-state index is 12.4. The molecule has 0 aliphatic heterocycles. The third kappa shape index (κ3) is 3.24. The third-order valence-corrected chi connectivity index (χ3v) is 4.93. The van der Waals surface area contributed by atoms with E-state index in [4.69, 9.17) is 0 Å². The van der Waals surface area contributed by atoms with Gasteiger partial charge in [0.1, 0.15) is 0 Å². The van der Waals surface area contributed by atoms with Gasteiger partial charge in [-0.15, -0.1) is 0 Å². The van der Waals surface area contributed by atoms with E-state index in [1.807, 2.05) is 43.9 Å². The van der Waals surface area contributed by atoms with Gasteiger partial charge in [-0.1, -0.05) is 12.5 Å². The number of amides is 1. The fraction of sp³-hybridized carbons (Fsp3) is 0.533. The van der Waals surface area contributed by atoms with Crippen LogP contribution in [0.2, 0.25) is 0 Å². The number of carbonyl (C=O) groups excluding carboxylic acids is 1. The molecular weight excluding hydrogens is 256 g/mol. The van der Waals surface area contributed by atoms with Crippen molar-refractivity contribution in [2.24, 2.45) is 0 Å². The van der Waals surface area contributed by atoms with Gasteiger partial charge < -0.3 is 10.6 Å². The first-order valence-corrected chi connectivity index (χ1v) is 8.06. The van der Waals surface area contributed by atoms with Crippen molar-refractivity contribution in [1.82, 2.24) is 5.32 Å². The standard InChI is InChI=1S/C15H22N2OS/c1-10-7-8-11(13(9-10)16-2)15(18)17-12-5-4-6-14(12)19-3/h7-9,12,14,16H,4-6H2,1-3H3,(H,17,18). The van der Waals surface area contributed by atoms with Crippen molar-refractivity contribution in [2.75, 3.05) is 18.6 Å². The molecule has 19 heavy (non-hydrogen) atoms. The molecule has 0 bridgehead atoms. The van der Waals surface area contributed by atoms with Crippen LogP contribution in [0.1, 0.15) is 35.2 Å². The minimum absolute atomic E-state index is 0.0373. The lowest BCUT2D eigenvalue weighted by Crippen LogP contribution is -2.38. The van der Waals surface area contributed by atoms with Crippen LogP contribution in [0.4, 0.5) is 5.69 Å². The first-order valence-electron chi connectivity index (χ1n) is 6.77. The highest BCUT2D eigenvalue weighted by Crippen LogP contribution is 2.29. The highest BCUT2D eigenvalue weighted by atomic mass is 32.2. The largest absolute Gasteiger partial charge is 0.387 e. The van der Waals surface area contributed by atoms with E-state index < -0.39 is 0 Å². The van der Waals surface area contributed by atoms with E-state index in [0.717, 1.165) is 23.2 Å². The van der Waals surface area contributed by atoms with E-state index in [0.29, 0.717) is 11.3 Å². The molecule has 2 rings (SSSR count). The van der Waals surface area contributed by atoms with Crippen molar-refractivity contribution in [2.45, 2.75) is 37.5 Å². The van der Waals surface area contributed by atoms with Crippen LogP contribution >= 0.6 is 11.8 Å². The van der Waals surface area contributed by atoms with E-state index in [2.05, 4.69) is 16.9 Å². The Hall–Kier alpha value is -1.16. The van der Waals surface area contributed by atoms with Crippen LogP contribution in [-0.2, 0) is 0 Å². The molecule has 1 aliphatic carbocycles. The molecule has 1 fully saturated rings. The normalized spacial score (nSPS) is 22.3. The molecule has 0 spiro atoms. The smallest absolute Gasteiger partial charge is 0.253 e. The average molecular weight is 278 g/mol. The molecule has 1 aromatic carbocycles. The summed E-state index contributed by atoms with van der Waals surface area (Å²) < 4.78 is 0. The Morgan fingerprint density at radius 2 is 2.16 bits per heavy atom. The Balaban J connectivity index is 2.11. The van der Waals surface area contributed by atoms with Crippen molar-refractivity contribution in [3.05, 3.63) is 29.3 Å². The number of benzene rings is 1. The minimum Gasteiger partial charge on any atom is -0.387 e. The zero-order valence-corrected chi connectivity index (χ0v) is 12.6. The summed E-state index contributed by atoms with van der Waals surface area (Å²) in [6.07, 6.45) is 5.64. The first-order chi connectivity index (χ1) is 9.15. The van der Waals surface area contributed by atoms with E-state index >= 15 is 0 Å². The second-order valence-corrected chi connectivity index (χ2v) is 6.16. The van der Waals surface area contributed by atoms with Crippen molar-refractivity contribution in [3.63, 3.8) is 0 Å². The maximum Gasteiger partial charge on any atom is 0.253 e. The van der Waals surface area contributed by atoms with Gasteiger partial charge in [0.05, 0.1) is 5.56 Å². The Kier molecular flexibility index (Phi) is 4.75. The summed E-state index contributed by atoms with van der Waals surface area (Å²) in [6.45, 7) is 2.03. The van der Waals surface area contributed by atoms with Gasteiger partial charge in [0.25, 0.3) is 5.91 Å². The highest BCUT2D eigenvalue weighted by molar-refractivity contribution is 7.99. The summed E-state index contributed by atoms with van der Waals surface area (Å²) in [4.78, 5) is 12.4. The average Bonchev–Trinajstić information content (AvgIpc) is 2.85. The van der Waals surface area contributed by atoms with Crippen molar-refractivity contribution >= 4 is 23.4 Å². The fourth-order valence-corrected chi connectivity index (χ4v) is 3.62. The second-order valence-electron chi connectivity index (χ2n) is 5.08. The van der Waals surface area contributed by atoms with Gasteiger partial charge in [-0.3, -0.25) is 4.79 Å². The number of hydrogen-bond donors (Lipinski definition) is 2. The molecule has 0 saturated heterocycles. The van der Waals surface area contributed by atoms with Crippen molar-refractivity contribution < 1.29 is 4.79 Å². The molecule has 3 nitrogen and oxygen atoms in total. The predicted molar refractivity (Wildman–Crippen MR) is 83.1 cm³/mol. The van der Waals surface area contributed by atoms with Crippen LogP contribution in [0, 0.1) is 6.92 Å². The Labute approximate surface area is 119 Å². The minimum atomic E-state index is 0.0373. The number of carbonyl (C=O) groups is 1. The zero-order valence-electron chi connectivity index (χ0n) is 11.8. The van der Waals surface area contributed by atoms with Gasteiger partial charge in [0.15, 0.2) is 0 Å². The van der Waals surface area contributed by atoms with Gasteiger partial charge in [-0.05, 0) is 43.7 Å². The second kappa shape index (κ2) is 6.33. The summed E-state index contributed by atoms with van der Waals surface area (Å²) >= 11 is 1.86. The molecule has 1 amide bonds. The SMILES string of the molecule is CNc1cc(C)ccc1C(=O)NC1CCCC1SC. The molecule has 0 heterocycles. The lowest BCUT2D eigenvalue weighted by molar-refractivity contribution is 0.0939. The molecule has 0 radical (unpaired) electrons. The third-order valence-electron chi connectivity index (χ3n) is 3.76. The lowest BCUT2D eigenvalue weighted by atomic mass is 10.1.